The predicted molar refractivity (Wildman–Crippen MR) is 68.5 cm³/mol. The van der Waals surface area contributed by atoms with Crippen LogP contribution >= 0.6 is 0 Å². The van der Waals surface area contributed by atoms with Gasteiger partial charge in [-0.25, -0.2) is 15.0 Å². The fourth-order valence-electron chi connectivity index (χ4n) is 3.13. The van der Waals surface area contributed by atoms with Gasteiger partial charge in [0.1, 0.15) is 11.8 Å². The van der Waals surface area contributed by atoms with Crippen LogP contribution < -0.4 is 10.2 Å². The van der Waals surface area contributed by atoms with Crippen LogP contribution in [0, 0.1) is 0 Å². The molecule has 2 aliphatic rings. The lowest BCUT2D eigenvalue weighted by molar-refractivity contribution is 0.563. The lowest BCUT2D eigenvalue weighted by atomic mass is 10.1. The van der Waals surface area contributed by atoms with Gasteiger partial charge in [0.15, 0.2) is 11.5 Å². The number of fused-ring (bicyclic) bond motifs is 3. The Balaban J connectivity index is 1.71. The van der Waals surface area contributed by atoms with Crippen LogP contribution in [0.3, 0.4) is 0 Å². The summed E-state index contributed by atoms with van der Waals surface area (Å²) in [6.07, 6.45) is 7.08. The largest absolute Gasteiger partial charge is 0.353 e. The van der Waals surface area contributed by atoms with E-state index >= 15 is 0 Å². The Bertz CT molecular complexity index is 564. The van der Waals surface area contributed by atoms with Crippen molar-refractivity contribution in [2.45, 2.75) is 31.3 Å². The van der Waals surface area contributed by atoms with Crippen LogP contribution in [0.25, 0.3) is 11.2 Å². The summed E-state index contributed by atoms with van der Waals surface area (Å²) in [7, 11) is 0. The molecule has 0 amide bonds. The van der Waals surface area contributed by atoms with Crippen molar-refractivity contribution in [3.8, 4) is 0 Å². The molecule has 2 unspecified atom stereocenters. The van der Waals surface area contributed by atoms with Gasteiger partial charge in [0, 0.05) is 25.2 Å². The number of H-pyrrole nitrogens is 1. The molecule has 6 heteroatoms. The second-order valence-electron chi connectivity index (χ2n) is 5.17. The molecule has 0 spiro atoms. The van der Waals surface area contributed by atoms with Crippen molar-refractivity contribution in [3.63, 3.8) is 0 Å². The minimum atomic E-state index is 0.602. The van der Waals surface area contributed by atoms with Crippen LogP contribution in [-0.4, -0.2) is 45.1 Å². The Hall–Kier alpha value is -1.69. The van der Waals surface area contributed by atoms with Crippen molar-refractivity contribution in [1.82, 2.24) is 25.3 Å². The summed E-state index contributed by atoms with van der Waals surface area (Å²) in [6.45, 7) is 2.08. The Morgan fingerprint density at radius 1 is 1.11 bits per heavy atom. The van der Waals surface area contributed by atoms with Crippen LogP contribution in [-0.2, 0) is 0 Å². The molecule has 2 bridgehead atoms. The highest BCUT2D eigenvalue weighted by atomic mass is 15.2. The van der Waals surface area contributed by atoms with E-state index in [9.17, 15) is 0 Å². The Morgan fingerprint density at radius 2 is 2.06 bits per heavy atom. The summed E-state index contributed by atoms with van der Waals surface area (Å²) in [4.78, 5) is 18.3. The molecule has 2 N–H and O–H groups in total. The minimum absolute atomic E-state index is 0.602. The number of nitrogens with zero attached hydrogens (tertiary/aromatic N) is 4. The number of imidazole rings is 1. The highest BCUT2D eigenvalue weighted by molar-refractivity contribution is 5.82. The van der Waals surface area contributed by atoms with Gasteiger partial charge >= 0.3 is 0 Å². The summed E-state index contributed by atoms with van der Waals surface area (Å²) < 4.78 is 0. The highest BCUT2D eigenvalue weighted by Crippen LogP contribution is 2.26. The fraction of sp³-hybridized carbons (Fsp3) is 0.583. The zero-order valence-corrected chi connectivity index (χ0v) is 10.1. The van der Waals surface area contributed by atoms with Gasteiger partial charge in [-0.3, -0.25) is 0 Å². The van der Waals surface area contributed by atoms with E-state index in [2.05, 4.69) is 30.2 Å². The van der Waals surface area contributed by atoms with E-state index in [0.29, 0.717) is 12.1 Å². The van der Waals surface area contributed by atoms with Gasteiger partial charge in [-0.15, -0.1) is 0 Å². The SMILES string of the molecule is c1nc(N2CCC3CCC(C2)N3)c2[nH]cnc2n1. The van der Waals surface area contributed by atoms with Crippen molar-refractivity contribution < 1.29 is 0 Å². The van der Waals surface area contributed by atoms with E-state index in [-0.39, 0.29) is 0 Å². The second kappa shape index (κ2) is 3.91. The van der Waals surface area contributed by atoms with Gasteiger partial charge < -0.3 is 15.2 Å². The normalized spacial score (nSPS) is 27.7. The predicted octanol–water partition coefficient (Wildman–Crippen LogP) is 0.684. The molecule has 2 atom stereocenters. The first-order valence-electron chi connectivity index (χ1n) is 6.55. The molecule has 0 aromatic carbocycles. The van der Waals surface area contributed by atoms with E-state index < -0.39 is 0 Å². The third kappa shape index (κ3) is 1.56. The van der Waals surface area contributed by atoms with E-state index in [1.54, 1.807) is 12.7 Å². The number of rotatable bonds is 1. The molecule has 94 valence electrons. The summed E-state index contributed by atoms with van der Waals surface area (Å²) in [5, 5.41) is 3.68. The second-order valence-corrected chi connectivity index (χ2v) is 5.17. The summed E-state index contributed by atoms with van der Waals surface area (Å²) in [6, 6.07) is 1.30. The molecule has 2 aliphatic heterocycles. The van der Waals surface area contributed by atoms with Crippen molar-refractivity contribution in [2.24, 2.45) is 0 Å². The third-order valence-electron chi connectivity index (χ3n) is 4.03. The molecule has 0 radical (unpaired) electrons. The zero-order chi connectivity index (χ0) is 11.9. The van der Waals surface area contributed by atoms with Crippen molar-refractivity contribution in [2.75, 3.05) is 18.0 Å². The molecule has 18 heavy (non-hydrogen) atoms. The van der Waals surface area contributed by atoms with Crippen LogP contribution in [0.2, 0.25) is 0 Å². The summed E-state index contributed by atoms with van der Waals surface area (Å²) in [5.74, 6) is 0.992. The first kappa shape index (κ1) is 10.3. The maximum atomic E-state index is 4.44. The first-order chi connectivity index (χ1) is 8.90. The molecule has 2 aromatic heterocycles. The molecular weight excluding hydrogens is 228 g/mol. The fourth-order valence-corrected chi connectivity index (χ4v) is 3.13. The quantitative estimate of drug-likeness (QED) is 0.772. The molecule has 0 saturated carbocycles. The van der Waals surface area contributed by atoms with Gasteiger partial charge in [0.05, 0.1) is 6.33 Å². The number of hydrogen-bond donors (Lipinski definition) is 2. The maximum absolute atomic E-state index is 4.44. The van der Waals surface area contributed by atoms with Crippen molar-refractivity contribution in [3.05, 3.63) is 12.7 Å². The Morgan fingerprint density at radius 3 is 3.06 bits per heavy atom. The lowest BCUT2D eigenvalue weighted by Gasteiger charge is -2.25. The molecule has 4 heterocycles. The Kier molecular flexibility index (Phi) is 2.23. The molecule has 2 fully saturated rings. The number of aromatic amines is 1. The molecule has 4 rings (SSSR count). The molecular formula is C12H16N6. The average Bonchev–Trinajstić information content (AvgIpc) is 2.95. The number of nitrogens with one attached hydrogen (secondary N) is 2. The first-order valence-corrected chi connectivity index (χ1v) is 6.55. The Labute approximate surface area is 105 Å². The summed E-state index contributed by atoms with van der Waals surface area (Å²) in [5.41, 5.74) is 1.71. The van der Waals surface area contributed by atoms with E-state index in [1.165, 1.54) is 19.3 Å². The maximum Gasteiger partial charge on any atom is 0.182 e. The average molecular weight is 244 g/mol. The smallest absolute Gasteiger partial charge is 0.182 e. The van der Waals surface area contributed by atoms with Crippen molar-refractivity contribution >= 4 is 17.0 Å². The van der Waals surface area contributed by atoms with Gasteiger partial charge in [0.2, 0.25) is 0 Å². The van der Waals surface area contributed by atoms with Crippen molar-refractivity contribution in [1.29, 1.82) is 0 Å². The van der Waals surface area contributed by atoms with Gasteiger partial charge in [0.25, 0.3) is 0 Å². The number of hydrogen-bond acceptors (Lipinski definition) is 5. The molecule has 6 nitrogen and oxygen atoms in total. The number of aromatic nitrogens is 4. The minimum Gasteiger partial charge on any atom is -0.353 e. The van der Waals surface area contributed by atoms with Gasteiger partial charge in [-0.05, 0) is 19.3 Å². The topological polar surface area (TPSA) is 69.7 Å². The van der Waals surface area contributed by atoms with Crippen LogP contribution in [0.1, 0.15) is 19.3 Å². The van der Waals surface area contributed by atoms with Gasteiger partial charge in [-0.1, -0.05) is 0 Å². The molecule has 2 aromatic rings. The zero-order valence-electron chi connectivity index (χ0n) is 10.1. The summed E-state index contributed by atoms with van der Waals surface area (Å²) >= 11 is 0. The van der Waals surface area contributed by atoms with E-state index in [4.69, 9.17) is 0 Å². The monoisotopic (exact) mass is 244 g/mol. The lowest BCUT2D eigenvalue weighted by Crippen LogP contribution is -2.35. The van der Waals surface area contributed by atoms with Crippen LogP contribution in [0.15, 0.2) is 12.7 Å². The van der Waals surface area contributed by atoms with E-state index in [1.807, 2.05) is 0 Å². The molecule has 2 saturated heterocycles. The number of anilines is 1. The third-order valence-corrected chi connectivity index (χ3v) is 4.03. The highest BCUT2D eigenvalue weighted by Gasteiger charge is 2.30. The molecule has 0 aliphatic carbocycles. The van der Waals surface area contributed by atoms with Crippen LogP contribution in [0.4, 0.5) is 5.82 Å². The van der Waals surface area contributed by atoms with Crippen LogP contribution in [0.5, 0.6) is 0 Å². The van der Waals surface area contributed by atoms with E-state index in [0.717, 1.165) is 30.1 Å². The van der Waals surface area contributed by atoms with Gasteiger partial charge in [-0.2, -0.15) is 0 Å². The standard InChI is InChI=1S/C12H16N6/c1-2-9-5-18(4-3-8(1)17-9)12-10-11(14-6-13-10)15-7-16-12/h6-9,17H,1-5H2,(H,13,14,15,16).